The van der Waals surface area contributed by atoms with E-state index in [1.165, 1.54) is 6.07 Å². The number of likely N-dealkylation sites (N-methyl/N-ethyl adjacent to an activating group) is 1. The van der Waals surface area contributed by atoms with Crippen LogP contribution in [-0.2, 0) is 13.6 Å². The van der Waals surface area contributed by atoms with Gasteiger partial charge in [0.15, 0.2) is 5.52 Å². The van der Waals surface area contributed by atoms with Crippen molar-refractivity contribution in [2.45, 2.75) is 13.5 Å². The van der Waals surface area contributed by atoms with E-state index in [1.807, 2.05) is 54.6 Å². The molecule has 0 bridgehead atoms. The van der Waals surface area contributed by atoms with Gasteiger partial charge in [0.05, 0.1) is 39.9 Å². The molecule has 2 aromatic heterocycles. The van der Waals surface area contributed by atoms with Crippen molar-refractivity contribution < 1.29 is 31.4 Å². The molecule has 0 aliphatic rings. The summed E-state index contributed by atoms with van der Waals surface area (Å²) in [4.78, 5) is 27.4. The Morgan fingerprint density at radius 1 is 1.14 bits per heavy atom. The van der Waals surface area contributed by atoms with Gasteiger partial charge in [0.2, 0.25) is 11.5 Å². The van der Waals surface area contributed by atoms with E-state index in [0.29, 0.717) is 10.4 Å². The molecule has 0 fully saturated rings. The average Bonchev–Trinajstić information content (AvgIpc) is 3.43. The first-order chi connectivity index (χ1) is 16.3. The van der Waals surface area contributed by atoms with Gasteiger partial charge in [-0.1, -0.05) is 11.3 Å². The van der Waals surface area contributed by atoms with Gasteiger partial charge in [0.1, 0.15) is 18.9 Å². The van der Waals surface area contributed by atoms with Crippen LogP contribution in [0.5, 0.6) is 0 Å². The minimum absolute atomic E-state index is 0. The van der Waals surface area contributed by atoms with Gasteiger partial charge in [-0.15, -0.1) is 10.2 Å². The predicted octanol–water partition coefficient (Wildman–Crippen LogP) is 1.68. The molecule has 0 aliphatic carbocycles. The van der Waals surface area contributed by atoms with Crippen molar-refractivity contribution in [3.63, 3.8) is 0 Å². The van der Waals surface area contributed by atoms with Gasteiger partial charge >= 0.3 is 5.69 Å². The van der Waals surface area contributed by atoms with Gasteiger partial charge < -0.3 is 21.9 Å². The van der Waals surface area contributed by atoms with Crippen molar-refractivity contribution in [1.29, 1.82) is 0 Å². The third kappa shape index (κ3) is 6.02. The molecule has 4 rings (SSSR count). The highest BCUT2D eigenvalue weighted by Crippen LogP contribution is 2.37. The zero-order valence-corrected chi connectivity index (χ0v) is 21.2. The number of hydrogen-bond acceptors (Lipinski definition) is 9. The van der Waals surface area contributed by atoms with Gasteiger partial charge in [-0.3, -0.25) is 20.2 Å². The lowest BCUT2D eigenvalue weighted by Crippen LogP contribution is -3.00. The van der Waals surface area contributed by atoms with Crippen molar-refractivity contribution in [2.24, 2.45) is 17.3 Å². The van der Waals surface area contributed by atoms with Crippen molar-refractivity contribution in [1.82, 2.24) is 9.55 Å². The van der Waals surface area contributed by atoms with Crippen molar-refractivity contribution in [2.75, 3.05) is 18.0 Å². The number of thiazole rings is 1. The summed E-state index contributed by atoms with van der Waals surface area (Å²) >= 11 is 1.00. The zero-order chi connectivity index (χ0) is 24.2. The van der Waals surface area contributed by atoms with Gasteiger partial charge in [-0.05, 0) is 31.2 Å². The lowest BCUT2D eigenvalue weighted by Gasteiger charge is -2.22. The van der Waals surface area contributed by atoms with E-state index >= 15 is 0 Å². The summed E-state index contributed by atoms with van der Waals surface area (Å²) < 4.78 is 4.43. The summed E-state index contributed by atoms with van der Waals surface area (Å²) in [7, 11) is 1.99. The average molecular weight is 561 g/mol. The molecule has 14 heteroatoms. The van der Waals surface area contributed by atoms with E-state index in [1.54, 1.807) is 0 Å². The van der Waals surface area contributed by atoms with Crippen molar-refractivity contribution in [3.05, 3.63) is 75.3 Å². The Morgan fingerprint density at radius 2 is 1.89 bits per heavy atom. The Kier molecular flexibility index (Phi) is 8.19. The number of anilines is 1. The lowest BCUT2D eigenvalue weighted by molar-refractivity contribution is -0.671. The van der Waals surface area contributed by atoms with Crippen LogP contribution in [0.3, 0.4) is 0 Å². The number of nitrogens with zero attached hydrogens (tertiary/aromatic N) is 8. The number of halogens is 1. The molecule has 182 valence electrons. The number of aryl methyl sites for hydroxylation is 1. The summed E-state index contributed by atoms with van der Waals surface area (Å²) in [6.45, 7) is 4.66. The van der Waals surface area contributed by atoms with E-state index < -0.39 is 15.5 Å². The van der Waals surface area contributed by atoms with E-state index in [4.69, 9.17) is 0 Å². The second-order valence-corrected chi connectivity index (χ2v) is 8.44. The fraction of sp³-hybridized carbons (Fsp3) is 0.238. The second kappa shape index (κ2) is 11.1. The topological polar surface area (TPSA) is 136 Å². The Morgan fingerprint density at radius 3 is 2.49 bits per heavy atom. The maximum Gasteiger partial charge on any atom is 0.303 e. The highest BCUT2D eigenvalue weighted by molar-refractivity contribution is 7.22. The molecule has 35 heavy (non-hydrogen) atoms. The first-order valence-corrected chi connectivity index (χ1v) is 11.2. The number of azo groups is 1. The normalized spacial score (nSPS) is 11.0. The molecule has 4 aromatic rings. The van der Waals surface area contributed by atoms with Crippen LogP contribution in [0.2, 0.25) is 0 Å². The van der Waals surface area contributed by atoms with Crippen molar-refractivity contribution >= 4 is 49.4 Å². The van der Waals surface area contributed by atoms with Crippen LogP contribution in [0.15, 0.2) is 65.3 Å². The SMILES string of the molecule is CCN(CCn1cc[n+](C)c1)c1ccc(/N=N/c2nc3c([N+](=O)[O-])cc([N+](=O)[O-])cc3s2)cc1.[Br-]. The molecule has 2 heterocycles. The van der Waals surface area contributed by atoms with Crippen LogP contribution in [0.1, 0.15) is 6.92 Å². The number of benzene rings is 2. The van der Waals surface area contributed by atoms with Crippen LogP contribution in [-0.4, -0.2) is 32.5 Å². The Balaban J connectivity index is 0.00000342. The molecule has 0 saturated carbocycles. The molecular weight excluding hydrogens is 540 g/mol. The summed E-state index contributed by atoms with van der Waals surface area (Å²) in [5, 5.41) is 30.8. The maximum absolute atomic E-state index is 11.3. The molecule has 2 aromatic carbocycles. The number of non-ortho nitro benzene ring substituents is 2. The molecule has 0 spiro atoms. The molecule has 0 aliphatic heterocycles. The fourth-order valence-electron chi connectivity index (χ4n) is 3.44. The fourth-order valence-corrected chi connectivity index (χ4v) is 4.29. The quantitative estimate of drug-likeness (QED) is 0.132. The van der Waals surface area contributed by atoms with Crippen molar-refractivity contribution in [3.8, 4) is 0 Å². The number of rotatable bonds is 9. The number of nitro benzene ring substituents is 2. The first kappa shape index (κ1) is 25.8. The van der Waals surface area contributed by atoms with E-state index in [9.17, 15) is 20.2 Å². The Bertz CT molecular complexity index is 1390. The van der Waals surface area contributed by atoms with Gasteiger partial charge in [-0.25, -0.2) is 14.1 Å². The summed E-state index contributed by atoms with van der Waals surface area (Å²) in [6.07, 6.45) is 6.07. The molecule has 0 N–H and O–H groups in total. The summed E-state index contributed by atoms with van der Waals surface area (Å²) in [6, 6.07) is 9.73. The Labute approximate surface area is 214 Å². The van der Waals surface area contributed by atoms with Crippen LogP contribution >= 0.6 is 11.3 Å². The smallest absolute Gasteiger partial charge is 0.303 e. The minimum Gasteiger partial charge on any atom is -1.00 e. The van der Waals surface area contributed by atoms with E-state index in [0.717, 1.165) is 42.7 Å². The highest BCUT2D eigenvalue weighted by atomic mass is 79.9. The molecule has 0 atom stereocenters. The lowest BCUT2D eigenvalue weighted by atomic mass is 10.2. The monoisotopic (exact) mass is 560 g/mol. The van der Waals surface area contributed by atoms with E-state index in [-0.39, 0.29) is 33.3 Å². The van der Waals surface area contributed by atoms with E-state index in [2.05, 4.69) is 31.6 Å². The van der Waals surface area contributed by atoms with Crippen LogP contribution < -0.4 is 26.4 Å². The van der Waals surface area contributed by atoms with Crippen LogP contribution in [0.4, 0.5) is 27.9 Å². The third-order valence-electron chi connectivity index (χ3n) is 5.16. The third-order valence-corrected chi connectivity index (χ3v) is 6.04. The highest BCUT2D eigenvalue weighted by Gasteiger charge is 2.22. The molecule has 0 radical (unpaired) electrons. The number of imidazole rings is 1. The first-order valence-electron chi connectivity index (χ1n) is 10.3. The number of nitro groups is 2. The minimum atomic E-state index is -0.690. The van der Waals surface area contributed by atoms with Crippen LogP contribution in [0.25, 0.3) is 10.2 Å². The molecule has 0 saturated heterocycles. The van der Waals surface area contributed by atoms with Crippen LogP contribution in [0, 0.1) is 20.2 Å². The zero-order valence-electron chi connectivity index (χ0n) is 18.8. The van der Waals surface area contributed by atoms with Gasteiger partial charge in [0, 0.05) is 18.3 Å². The Hall–Kier alpha value is -3.78. The van der Waals surface area contributed by atoms with Gasteiger partial charge in [-0.2, -0.15) is 0 Å². The maximum atomic E-state index is 11.3. The summed E-state index contributed by atoms with van der Waals surface area (Å²) in [5.74, 6) is 0. The molecular formula is C21H21BrN8O4S. The molecule has 12 nitrogen and oxygen atoms in total. The number of aromatic nitrogens is 3. The second-order valence-electron chi connectivity index (χ2n) is 7.44. The summed E-state index contributed by atoms with van der Waals surface area (Å²) in [5.41, 5.74) is 0.908. The number of hydrogen-bond donors (Lipinski definition) is 0. The van der Waals surface area contributed by atoms with Gasteiger partial charge in [0.25, 0.3) is 5.69 Å². The predicted molar refractivity (Wildman–Crippen MR) is 127 cm³/mol. The molecule has 0 unspecified atom stereocenters. The molecule has 0 amide bonds. The standard InChI is InChI=1S/C21H21N8O4S.BrH/c1-3-27(11-10-26-9-8-25(2)14-26)16-6-4-15(5-7-16)23-24-21-22-20-18(29(32)33)12-17(28(30)31)13-19(20)34-21;/h4-9,12-14H,3,10-11H2,1-2H3;1H/q+1;/p-1/b24-23+;. The number of fused-ring (bicyclic) bond motifs is 1. The largest absolute Gasteiger partial charge is 1.00 e.